The van der Waals surface area contributed by atoms with Gasteiger partial charge in [0.2, 0.25) is 0 Å². The summed E-state index contributed by atoms with van der Waals surface area (Å²) in [7, 11) is 0. The molecule has 1 saturated heterocycles. The van der Waals surface area contributed by atoms with Gasteiger partial charge in [0.15, 0.2) is 0 Å². The fourth-order valence-corrected chi connectivity index (χ4v) is 6.09. The predicted molar refractivity (Wildman–Crippen MR) is 138 cm³/mol. The van der Waals surface area contributed by atoms with E-state index >= 15 is 0 Å². The standard InChI is InChI=1S/C28H26IN6/c1-3-29-22-6-9-24-25(14-19(2)33-27(24)15-22)26-17-32-35-18-21(16-31-28(26)35)20-4-7-23(8-5-20)34-12-10-30-11-13-34/h3-9,14-18,30H,1,10-13H2,2H3/q-1. The SMILES string of the molecule is C=C[I-]c1ccc2c(-c3cnn4cc(-c5ccc(N6CCNCC6)cc5)cnc34)cc(C)nc2c1. The van der Waals surface area contributed by atoms with Crippen LogP contribution in [0.25, 0.3) is 38.8 Å². The Morgan fingerprint density at radius 2 is 1.80 bits per heavy atom. The predicted octanol–water partition coefficient (Wildman–Crippen LogP) is 1.73. The Hall–Kier alpha value is -3.30. The third-order valence-corrected chi connectivity index (χ3v) is 8.26. The van der Waals surface area contributed by atoms with Crippen LogP contribution in [0.15, 0.2) is 77.8 Å². The summed E-state index contributed by atoms with van der Waals surface area (Å²) in [4.78, 5) is 12.1. The Morgan fingerprint density at radius 3 is 2.60 bits per heavy atom. The molecule has 0 saturated carbocycles. The Kier molecular flexibility index (Phi) is 5.95. The molecule has 1 aliphatic rings. The van der Waals surface area contributed by atoms with Gasteiger partial charge in [0.05, 0.1) is 0 Å². The van der Waals surface area contributed by atoms with Gasteiger partial charge in [-0.25, -0.2) is 0 Å². The number of piperazine rings is 1. The van der Waals surface area contributed by atoms with E-state index < -0.39 is 0 Å². The molecule has 3 aromatic heterocycles. The fraction of sp³-hybridized carbons (Fsp3) is 0.179. The van der Waals surface area contributed by atoms with E-state index in [4.69, 9.17) is 9.97 Å². The zero-order valence-corrected chi connectivity index (χ0v) is 21.7. The van der Waals surface area contributed by atoms with Crippen LogP contribution in [0.4, 0.5) is 5.69 Å². The Balaban J connectivity index is 1.36. The van der Waals surface area contributed by atoms with Gasteiger partial charge < -0.3 is 10.2 Å². The first-order valence-electron chi connectivity index (χ1n) is 11.8. The Morgan fingerprint density at radius 1 is 0.971 bits per heavy atom. The second-order valence-corrected chi connectivity index (χ2v) is 11.4. The topological polar surface area (TPSA) is 58.4 Å². The number of halogens is 1. The third kappa shape index (κ3) is 4.30. The van der Waals surface area contributed by atoms with Crippen LogP contribution in [-0.2, 0) is 0 Å². The van der Waals surface area contributed by atoms with E-state index in [2.05, 4.69) is 76.6 Å². The Bertz CT molecular complexity index is 1530. The first kappa shape index (κ1) is 22.2. The zero-order chi connectivity index (χ0) is 23.8. The number of nitrogens with one attached hydrogen (secondary N) is 1. The van der Waals surface area contributed by atoms with E-state index in [9.17, 15) is 0 Å². The normalized spacial score (nSPS) is 14.1. The molecule has 0 aliphatic carbocycles. The van der Waals surface area contributed by atoms with Crippen molar-refractivity contribution in [2.45, 2.75) is 6.92 Å². The van der Waals surface area contributed by atoms with Crippen LogP contribution in [0.3, 0.4) is 0 Å². The molecule has 4 heterocycles. The van der Waals surface area contributed by atoms with Crippen molar-refractivity contribution in [1.82, 2.24) is 24.9 Å². The van der Waals surface area contributed by atoms with Gasteiger partial charge in [-0.3, -0.25) is 0 Å². The summed E-state index contributed by atoms with van der Waals surface area (Å²) >= 11 is -0.183. The van der Waals surface area contributed by atoms with Gasteiger partial charge in [-0.15, -0.1) is 0 Å². The molecule has 0 spiro atoms. The molecule has 0 unspecified atom stereocenters. The molecule has 6 rings (SSSR count). The molecule has 0 atom stereocenters. The van der Waals surface area contributed by atoms with Crippen molar-refractivity contribution in [3.05, 3.63) is 87.0 Å². The van der Waals surface area contributed by atoms with Gasteiger partial charge in [0, 0.05) is 31.9 Å². The van der Waals surface area contributed by atoms with E-state index in [1.165, 1.54) is 9.26 Å². The van der Waals surface area contributed by atoms with E-state index in [1.54, 1.807) is 0 Å². The molecule has 1 fully saturated rings. The summed E-state index contributed by atoms with van der Waals surface area (Å²) in [6.45, 7) is 10.1. The van der Waals surface area contributed by atoms with E-state index in [0.29, 0.717) is 0 Å². The van der Waals surface area contributed by atoms with Crippen molar-refractivity contribution in [1.29, 1.82) is 0 Å². The minimum atomic E-state index is -0.183. The molecule has 0 bridgehead atoms. The van der Waals surface area contributed by atoms with Crippen molar-refractivity contribution >= 4 is 22.2 Å². The second kappa shape index (κ2) is 9.39. The first-order chi connectivity index (χ1) is 17.2. The average Bonchev–Trinajstić information content (AvgIpc) is 3.32. The van der Waals surface area contributed by atoms with E-state index in [1.807, 2.05) is 27.9 Å². The number of hydrogen-bond donors (Lipinski definition) is 1. The molecular weight excluding hydrogens is 547 g/mol. The number of fused-ring (bicyclic) bond motifs is 2. The van der Waals surface area contributed by atoms with Gasteiger partial charge in [-0.1, -0.05) is 0 Å². The van der Waals surface area contributed by atoms with Gasteiger partial charge in [-0.2, -0.15) is 0 Å². The number of aromatic nitrogens is 4. The average molecular weight is 573 g/mol. The molecule has 1 aliphatic heterocycles. The monoisotopic (exact) mass is 573 g/mol. The van der Waals surface area contributed by atoms with Crippen molar-refractivity contribution in [2.75, 3.05) is 31.1 Å². The van der Waals surface area contributed by atoms with Gasteiger partial charge in [0.1, 0.15) is 0 Å². The van der Waals surface area contributed by atoms with Crippen molar-refractivity contribution < 1.29 is 21.2 Å². The van der Waals surface area contributed by atoms with Crippen LogP contribution in [0.2, 0.25) is 0 Å². The fourth-order valence-electron chi connectivity index (χ4n) is 4.72. The number of hydrogen-bond acceptors (Lipinski definition) is 5. The number of aryl methyl sites for hydroxylation is 1. The van der Waals surface area contributed by atoms with Crippen molar-refractivity contribution in [2.24, 2.45) is 0 Å². The van der Waals surface area contributed by atoms with Crippen LogP contribution >= 0.6 is 0 Å². The number of benzene rings is 2. The molecule has 5 aromatic rings. The number of rotatable bonds is 5. The number of nitrogens with zero attached hydrogens (tertiary/aromatic N) is 5. The maximum absolute atomic E-state index is 4.84. The third-order valence-electron chi connectivity index (χ3n) is 6.43. The molecule has 7 heteroatoms. The quantitative estimate of drug-likeness (QED) is 0.325. The van der Waals surface area contributed by atoms with E-state index in [0.717, 1.165) is 70.7 Å². The Labute approximate surface area is 215 Å². The van der Waals surface area contributed by atoms with Crippen LogP contribution < -0.4 is 31.4 Å². The maximum atomic E-state index is 4.84. The molecule has 35 heavy (non-hydrogen) atoms. The van der Waals surface area contributed by atoms with Gasteiger partial charge in [0.25, 0.3) is 0 Å². The minimum absolute atomic E-state index is 0.183. The second-order valence-electron chi connectivity index (χ2n) is 8.69. The summed E-state index contributed by atoms with van der Waals surface area (Å²) in [6, 6.07) is 17.4. The molecule has 6 nitrogen and oxygen atoms in total. The summed E-state index contributed by atoms with van der Waals surface area (Å²) in [6.07, 6.45) is 5.93. The van der Waals surface area contributed by atoms with Gasteiger partial charge in [-0.05, 0) is 12.1 Å². The van der Waals surface area contributed by atoms with Crippen LogP contribution in [0, 0.1) is 10.5 Å². The summed E-state index contributed by atoms with van der Waals surface area (Å²) in [5.41, 5.74) is 8.44. The molecule has 0 amide bonds. The molecule has 2 aromatic carbocycles. The molecule has 1 N–H and O–H groups in total. The molecule has 0 radical (unpaired) electrons. The van der Waals surface area contributed by atoms with Gasteiger partial charge >= 0.3 is 161 Å². The molecular formula is C28H26IN6-. The number of anilines is 1. The summed E-state index contributed by atoms with van der Waals surface area (Å²) in [5.74, 6) is 0. The summed E-state index contributed by atoms with van der Waals surface area (Å²) in [5, 5.41) is 9.20. The van der Waals surface area contributed by atoms with E-state index in [-0.39, 0.29) is 21.2 Å². The zero-order valence-electron chi connectivity index (χ0n) is 19.6. The van der Waals surface area contributed by atoms with Crippen LogP contribution in [-0.4, -0.2) is 45.8 Å². The first-order valence-corrected chi connectivity index (χ1v) is 14.1. The van der Waals surface area contributed by atoms with Crippen LogP contribution in [0.1, 0.15) is 5.69 Å². The summed E-state index contributed by atoms with van der Waals surface area (Å²) < 4.78 is 5.23. The van der Waals surface area contributed by atoms with Crippen LogP contribution in [0.5, 0.6) is 0 Å². The van der Waals surface area contributed by atoms with Crippen molar-refractivity contribution in [3.63, 3.8) is 0 Å². The number of pyridine rings is 1. The van der Waals surface area contributed by atoms with Crippen molar-refractivity contribution in [3.8, 4) is 22.3 Å². The molecule has 176 valence electrons.